The number of fused-ring (bicyclic) bond motifs is 1. The van der Waals surface area contributed by atoms with E-state index in [1.165, 1.54) is 23.5 Å². The molecule has 4 rings (SSSR count). The molecule has 8 heteroatoms. The molecule has 0 bridgehead atoms. The number of rotatable bonds is 5. The molecule has 0 unspecified atom stereocenters. The lowest BCUT2D eigenvalue weighted by Crippen LogP contribution is -2.40. The number of methoxy groups -OCH3 is 1. The van der Waals surface area contributed by atoms with Gasteiger partial charge in [0.1, 0.15) is 10.6 Å². The maximum atomic E-state index is 13.1. The van der Waals surface area contributed by atoms with Crippen molar-refractivity contribution in [2.75, 3.05) is 38.7 Å². The number of benzene rings is 3. The summed E-state index contributed by atoms with van der Waals surface area (Å²) in [6.07, 6.45) is 0. The first-order valence-corrected chi connectivity index (χ1v) is 11.0. The molecule has 0 atom stereocenters. The van der Waals surface area contributed by atoms with Gasteiger partial charge in [-0.1, -0.05) is 30.3 Å². The van der Waals surface area contributed by atoms with Gasteiger partial charge >= 0.3 is 0 Å². The van der Waals surface area contributed by atoms with Gasteiger partial charge < -0.3 is 14.8 Å². The van der Waals surface area contributed by atoms with Crippen LogP contribution in [0.2, 0.25) is 0 Å². The molecule has 0 saturated carbocycles. The first-order valence-electron chi connectivity index (χ1n) is 9.55. The Kier molecular flexibility index (Phi) is 5.72. The van der Waals surface area contributed by atoms with E-state index >= 15 is 0 Å². The second-order valence-corrected chi connectivity index (χ2v) is 8.80. The van der Waals surface area contributed by atoms with Crippen LogP contribution in [0.25, 0.3) is 10.8 Å². The summed E-state index contributed by atoms with van der Waals surface area (Å²) in [5.41, 5.74) is 0.864. The van der Waals surface area contributed by atoms with E-state index < -0.39 is 15.9 Å². The summed E-state index contributed by atoms with van der Waals surface area (Å²) in [7, 11) is -2.41. The van der Waals surface area contributed by atoms with Crippen molar-refractivity contribution in [3.8, 4) is 5.75 Å². The Hall–Kier alpha value is -2.94. The van der Waals surface area contributed by atoms with Crippen LogP contribution in [0.4, 0.5) is 5.69 Å². The van der Waals surface area contributed by atoms with Crippen LogP contribution in [-0.2, 0) is 14.8 Å². The van der Waals surface area contributed by atoms with Gasteiger partial charge in [-0.2, -0.15) is 4.31 Å². The maximum absolute atomic E-state index is 13.1. The number of carbonyl (C=O) groups excluding carboxylic acids is 1. The lowest BCUT2D eigenvalue weighted by molar-refractivity contribution is 0.0729. The minimum Gasteiger partial charge on any atom is -0.495 e. The first kappa shape index (κ1) is 20.3. The third-order valence-corrected chi connectivity index (χ3v) is 6.94. The van der Waals surface area contributed by atoms with E-state index in [1.54, 1.807) is 6.07 Å². The minimum absolute atomic E-state index is 0.0296. The Morgan fingerprint density at radius 2 is 1.73 bits per heavy atom. The highest BCUT2D eigenvalue weighted by molar-refractivity contribution is 7.89. The highest BCUT2D eigenvalue weighted by atomic mass is 32.2. The van der Waals surface area contributed by atoms with Crippen LogP contribution in [0.1, 0.15) is 10.4 Å². The van der Waals surface area contributed by atoms with Gasteiger partial charge in [-0.05, 0) is 41.1 Å². The number of nitrogens with one attached hydrogen (secondary N) is 1. The summed E-state index contributed by atoms with van der Waals surface area (Å²) in [4.78, 5) is 12.8. The molecule has 0 spiro atoms. The normalized spacial score (nSPS) is 15.1. The monoisotopic (exact) mass is 426 g/mol. The molecule has 1 amide bonds. The fraction of sp³-hybridized carbons (Fsp3) is 0.227. The topological polar surface area (TPSA) is 84.9 Å². The van der Waals surface area contributed by atoms with Crippen molar-refractivity contribution in [3.05, 3.63) is 66.2 Å². The van der Waals surface area contributed by atoms with Gasteiger partial charge in [-0.3, -0.25) is 4.79 Å². The van der Waals surface area contributed by atoms with Crippen LogP contribution in [-0.4, -0.2) is 52.0 Å². The van der Waals surface area contributed by atoms with E-state index in [4.69, 9.17) is 9.47 Å². The Bertz CT molecular complexity index is 1190. The fourth-order valence-corrected chi connectivity index (χ4v) is 5.01. The lowest BCUT2D eigenvalue weighted by atomic mass is 10.1. The predicted molar refractivity (Wildman–Crippen MR) is 114 cm³/mol. The number of anilines is 1. The zero-order valence-corrected chi connectivity index (χ0v) is 17.3. The molecule has 0 radical (unpaired) electrons. The molecule has 1 aliphatic heterocycles. The summed E-state index contributed by atoms with van der Waals surface area (Å²) in [5, 5.41) is 4.91. The Labute approximate surface area is 175 Å². The number of hydrogen-bond donors (Lipinski definition) is 1. The third kappa shape index (κ3) is 4.02. The second-order valence-electron chi connectivity index (χ2n) is 6.90. The highest BCUT2D eigenvalue weighted by Gasteiger charge is 2.30. The molecule has 0 aromatic heterocycles. The van der Waals surface area contributed by atoms with Crippen molar-refractivity contribution in [2.45, 2.75) is 4.90 Å². The zero-order chi connectivity index (χ0) is 21.1. The van der Waals surface area contributed by atoms with Crippen LogP contribution in [0.5, 0.6) is 5.75 Å². The van der Waals surface area contributed by atoms with Gasteiger partial charge in [0.25, 0.3) is 5.91 Å². The number of nitrogens with zero attached hydrogens (tertiary/aromatic N) is 1. The van der Waals surface area contributed by atoms with Crippen molar-refractivity contribution in [1.29, 1.82) is 0 Å². The zero-order valence-electron chi connectivity index (χ0n) is 16.5. The van der Waals surface area contributed by atoms with Gasteiger partial charge in [0.15, 0.2) is 0 Å². The molecule has 3 aromatic carbocycles. The van der Waals surface area contributed by atoms with Crippen molar-refractivity contribution in [3.63, 3.8) is 0 Å². The van der Waals surface area contributed by atoms with Crippen LogP contribution < -0.4 is 10.1 Å². The van der Waals surface area contributed by atoms with Crippen LogP contribution in [0, 0.1) is 0 Å². The number of morpholine rings is 1. The number of sulfonamides is 1. The summed E-state index contributed by atoms with van der Waals surface area (Å²) in [6, 6.07) is 17.9. The van der Waals surface area contributed by atoms with Gasteiger partial charge in [0, 0.05) is 24.3 Å². The standard InChI is InChI=1S/C22H22N2O5S/c1-28-20-9-7-18(15-21(20)30(26,27)24-10-12-29-13-11-24)22(25)23-19-8-6-16-4-2-3-5-17(16)14-19/h2-9,14-15H,10-13H2,1H3,(H,23,25). The van der Waals surface area contributed by atoms with E-state index in [0.29, 0.717) is 18.9 Å². The van der Waals surface area contributed by atoms with Crippen molar-refractivity contribution >= 4 is 32.4 Å². The van der Waals surface area contributed by atoms with Gasteiger partial charge in [0.05, 0.1) is 20.3 Å². The van der Waals surface area contributed by atoms with Crippen molar-refractivity contribution in [1.82, 2.24) is 4.31 Å². The van der Waals surface area contributed by atoms with Crippen molar-refractivity contribution in [2.24, 2.45) is 0 Å². The molecule has 1 fully saturated rings. The average molecular weight is 426 g/mol. The van der Waals surface area contributed by atoms with E-state index in [9.17, 15) is 13.2 Å². The lowest BCUT2D eigenvalue weighted by Gasteiger charge is -2.26. The fourth-order valence-electron chi connectivity index (χ4n) is 3.42. The molecular weight excluding hydrogens is 404 g/mol. The Morgan fingerprint density at radius 1 is 1.00 bits per heavy atom. The smallest absolute Gasteiger partial charge is 0.255 e. The predicted octanol–water partition coefficient (Wildman–Crippen LogP) is 3.12. The summed E-state index contributed by atoms with van der Waals surface area (Å²) < 4.78 is 38.1. The molecule has 3 aromatic rings. The Morgan fingerprint density at radius 3 is 2.47 bits per heavy atom. The highest BCUT2D eigenvalue weighted by Crippen LogP contribution is 2.29. The molecule has 1 saturated heterocycles. The maximum Gasteiger partial charge on any atom is 0.255 e. The molecule has 7 nitrogen and oxygen atoms in total. The molecule has 156 valence electrons. The van der Waals surface area contributed by atoms with E-state index in [-0.39, 0.29) is 29.3 Å². The number of ether oxygens (including phenoxy) is 2. The molecule has 1 aliphatic rings. The van der Waals surface area contributed by atoms with Gasteiger partial charge in [0.2, 0.25) is 10.0 Å². The largest absolute Gasteiger partial charge is 0.495 e. The third-order valence-electron chi connectivity index (χ3n) is 5.02. The van der Waals surface area contributed by atoms with E-state index in [1.807, 2.05) is 42.5 Å². The first-order chi connectivity index (χ1) is 14.5. The molecule has 1 heterocycles. The summed E-state index contributed by atoms with van der Waals surface area (Å²) in [5.74, 6) is -0.199. The molecular formula is C22H22N2O5S. The number of amides is 1. The van der Waals surface area contributed by atoms with Crippen LogP contribution in [0.3, 0.4) is 0 Å². The van der Waals surface area contributed by atoms with Gasteiger partial charge in [-0.25, -0.2) is 8.42 Å². The summed E-state index contributed by atoms with van der Waals surface area (Å²) >= 11 is 0. The Balaban J connectivity index is 1.63. The van der Waals surface area contributed by atoms with Crippen molar-refractivity contribution < 1.29 is 22.7 Å². The SMILES string of the molecule is COc1ccc(C(=O)Nc2ccc3ccccc3c2)cc1S(=O)(=O)N1CCOCC1. The molecule has 0 aliphatic carbocycles. The summed E-state index contributed by atoms with van der Waals surface area (Å²) in [6.45, 7) is 1.20. The molecule has 1 N–H and O–H groups in total. The van der Waals surface area contributed by atoms with E-state index in [2.05, 4.69) is 5.32 Å². The molecule has 30 heavy (non-hydrogen) atoms. The minimum atomic E-state index is -3.81. The second kappa shape index (κ2) is 8.43. The van der Waals surface area contributed by atoms with Gasteiger partial charge in [-0.15, -0.1) is 0 Å². The van der Waals surface area contributed by atoms with E-state index in [0.717, 1.165) is 10.8 Å². The average Bonchev–Trinajstić information content (AvgIpc) is 2.79. The van der Waals surface area contributed by atoms with Crippen LogP contribution >= 0.6 is 0 Å². The number of hydrogen-bond acceptors (Lipinski definition) is 5. The number of carbonyl (C=O) groups is 1. The van der Waals surface area contributed by atoms with Crippen LogP contribution in [0.15, 0.2) is 65.6 Å². The quantitative estimate of drug-likeness (QED) is 0.678.